The SMILES string of the molecule is CCc1ccc(O)c(NC(=O)C(N)CC)c1. The largest absolute Gasteiger partial charge is 0.506 e. The van der Waals surface area contributed by atoms with E-state index >= 15 is 0 Å². The van der Waals surface area contributed by atoms with E-state index < -0.39 is 6.04 Å². The topological polar surface area (TPSA) is 75.3 Å². The highest BCUT2D eigenvalue weighted by Gasteiger charge is 2.13. The number of hydrogen-bond donors (Lipinski definition) is 3. The van der Waals surface area contributed by atoms with Crippen LogP contribution in [-0.2, 0) is 11.2 Å². The molecule has 1 aromatic rings. The molecule has 1 amide bonds. The molecule has 1 aromatic carbocycles. The summed E-state index contributed by atoms with van der Waals surface area (Å²) in [4.78, 5) is 11.5. The van der Waals surface area contributed by atoms with Gasteiger partial charge >= 0.3 is 0 Å². The number of rotatable bonds is 4. The third-order valence-corrected chi connectivity index (χ3v) is 2.50. The molecule has 0 fully saturated rings. The smallest absolute Gasteiger partial charge is 0.241 e. The molecule has 0 saturated carbocycles. The zero-order valence-corrected chi connectivity index (χ0v) is 9.66. The van der Waals surface area contributed by atoms with Crippen LogP contribution in [0.4, 0.5) is 5.69 Å². The maximum Gasteiger partial charge on any atom is 0.241 e. The number of benzene rings is 1. The van der Waals surface area contributed by atoms with Gasteiger partial charge in [0.15, 0.2) is 0 Å². The van der Waals surface area contributed by atoms with Gasteiger partial charge in [-0.25, -0.2) is 0 Å². The Labute approximate surface area is 95.5 Å². The van der Waals surface area contributed by atoms with Crippen LogP contribution in [0.5, 0.6) is 5.75 Å². The fourth-order valence-corrected chi connectivity index (χ4v) is 1.31. The van der Waals surface area contributed by atoms with Crippen LogP contribution in [0, 0.1) is 0 Å². The quantitative estimate of drug-likeness (QED) is 0.678. The summed E-state index contributed by atoms with van der Waals surface area (Å²) in [7, 11) is 0. The number of amides is 1. The van der Waals surface area contributed by atoms with Crippen LogP contribution in [-0.4, -0.2) is 17.1 Å². The fraction of sp³-hybridized carbons (Fsp3) is 0.417. The van der Waals surface area contributed by atoms with Gasteiger partial charge in [0.1, 0.15) is 5.75 Å². The molecule has 0 aliphatic heterocycles. The second kappa shape index (κ2) is 5.51. The number of phenolic OH excluding ortho intramolecular Hbond substituents is 1. The summed E-state index contributed by atoms with van der Waals surface area (Å²) in [5, 5.41) is 12.2. The van der Waals surface area contributed by atoms with Crippen molar-refractivity contribution >= 4 is 11.6 Å². The van der Waals surface area contributed by atoms with Crippen LogP contribution >= 0.6 is 0 Å². The summed E-state index contributed by atoms with van der Waals surface area (Å²) in [5.74, 6) is -0.208. The Kier molecular flexibility index (Phi) is 4.31. The van der Waals surface area contributed by atoms with Crippen molar-refractivity contribution in [1.82, 2.24) is 0 Å². The number of carbonyl (C=O) groups excluding carboxylic acids is 1. The second-order valence-electron chi connectivity index (χ2n) is 3.71. The third-order valence-electron chi connectivity index (χ3n) is 2.50. The summed E-state index contributed by atoms with van der Waals surface area (Å²) in [6, 6.07) is 4.62. The average Bonchev–Trinajstić information content (AvgIpc) is 2.30. The van der Waals surface area contributed by atoms with E-state index in [-0.39, 0.29) is 11.7 Å². The van der Waals surface area contributed by atoms with Crippen LogP contribution in [0.3, 0.4) is 0 Å². The van der Waals surface area contributed by atoms with Crippen molar-refractivity contribution in [3.05, 3.63) is 23.8 Å². The molecule has 0 aromatic heterocycles. The summed E-state index contributed by atoms with van der Waals surface area (Å²) in [6.07, 6.45) is 1.42. The first-order valence-electron chi connectivity index (χ1n) is 5.46. The van der Waals surface area contributed by atoms with Gasteiger partial charge in [-0.15, -0.1) is 0 Å². The molecule has 0 spiro atoms. The molecule has 0 saturated heterocycles. The van der Waals surface area contributed by atoms with Crippen molar-refractivity contribution in [2.24, 2.45) is 5.73 Å². The van der Waals surface area contributed by atoms with Gasteiger partial charge in [-0.2, -0.15) is 0 Å². The summed E-state index contributed by atoms with van der Waals surface area (Å²) in [5.41, 5.74) is 7.07. The molecule has 1 unspecified atom stereocenters. The molecule has 0 radical (unpaired) electrons. The lowest BCUT2D eigenvalue weighted by molar-refractivity contribution is -0.117. The molecule has 0 heterocycles. The fourth-order valence-electron chi connectivity index (χ4n) is 1.31. The Balaban J connectivity index is 2.83. The number of aryl methyl sites for hydroxylation is 1. The Morgan fingerprint density at radius 2 is 2.19 bits per heavy atom. The first-order chi connectivity index (χ1) is 7.58. The van der Waals surface area contributed by atoms with Gasteiger partial charge in [0.05, 0.1) is 11.7 Å². The molecule has 4 heteroatoms. The molecule has 88 valence electrons. The van der Waals surface area contributed by atoms with Gasteiger partial charge in [0.25, 0.3) is 0 Å². The molecular weight excluding hydrogens is 204 g/mol. The van der Waals surface area contributed by atoms with Crippen molar-refractivity contribution in [3.8, 4) is 5.75 Å². The van der Waals surface area contributed by atoms with Crippen LogP contribution in [0.2, 0.25) is 0 Å². The molecule has 0 aliphatic carbocycles. The first-order valence-corrected chi connectivity index (χ1v) is 5.46. The van der Waals surface area contributed by atoms with Crippen molar-refractivity contribution in [1.29, 1.82) is 0 Å². The third kappa shape index (κ3) is 2.97. The lowest BCUT2D eigenvalue weighted by Crippen LogP contribution is -2.34. The molecular formula is C12H18N2O2. The molecule has 0 bridgehead atoms. The van der Waals surface area contributed by atoms with E-state index in [9.17, 15) is 9.90 Å². The van der Waals surface area contributed by atoms with E-state index in [1.165, 1.54) is 0 Å². The number of nitrogens with two attached hydrogens (primary N) is 1. The molecule has 1 rings (SSSR count). The Bertz CT molecular complexity index is 377. The molecule has 4 nitrogen and oxygen atoms in total. The zero-order valence-electron chi connectivity index (χ0n) is 9.66. The van der Waals surface area contributed by atoms with Crippen molar-refractivity contribution in [2.45, 2.75) is 32.7 Å². The minimum atomic E-state index is -0.537. The highest BCUT2D eigenvalue weighted by molar-refractivity contribution is 5.95. The van der Waals surface area contributed by atoms with Crippen LogP contribution in [0.1, 0.15) is 25.8 Å². The van der Waals surface area contributed by atoms with Gasteiger partial charge in [-0.1, -0.05) is 19.9 Å². The predicted molar refractivity (Wildman–Crippen MR) is 64.4 cm³/mol. The summed E-state index contributed by atoms with van der Waals surface area (Å²) in [6.45, 7) is 3.85. The summed E-state index contributed by atoms with van der Waals surface area (Å²) < 4.78 is 0. The van der Waals surface area contributed by atoms with Crippen molar-refractivity contribution < 1.29 is 9.90 Å². The number of phenols is 1. The van der Waals surface area contributed by atoms with Crippen molar-refractivity contribution in [2.75, 3.05) is 5.32 Å². The predicted octanol–water partition coefficient (Wildman–Crippen LogP) is 1.63. The van der Waals surface area contributed by atoms with Gasteiger partial charge in [-0.3, -0.25) is 4.79 Å². The minimum Gasteiger partial charge on any atom is -0.506 e. The minimum absolute atomic E-state index is 0.0638. The van der Waals surface area contributed by atoms with Gasteiger partial charge in [0.2, 0.25) is 5.91 Å². The average molecular weight is 222 g/mol. The normalized spacial score (nSPS) is 12.2. The standard InChI is InChI=1S/C12H18N2O2/c1-3-8-5-6-11(15)10(7-8)14-12(16)9(13)4-2/h5-7,9,15H,3-4,13H2,1-2H3,(H,14,16). The number of aromatic hydroxyl groups is 1. The summed E-state index contributed by atoms with van der Waals surface area (Å²) >= 11 is 0. The van der Waals surface area contributed by atoms with E-state index in [0.29, 0.717) is 12.1 Å². The van der Waals surface area contributed by atoms with E-state index in [0.717, 1.165) is 12.0 Å². The first kappa shape index (κ1) is 12.5. The molecule has 1 atom stereocenters. The Morgan fingerprint density at radius 1 is 1.50 bits per heavy atom. The van der Waals surface area contributed by atoms with E-state index in [2.05, 4.69) is 5.32 Å². The highest BCUT2D eigenvalue weighted by atomic mass is 16.3. The number of nitrogens with one attached hydrogen (secondary N) is 1. The second-order valence-corrected chi connectivity index (χ2v) is 3.71. The molecule has 4 N–H and O–H groups in total. The van der Waals surface area contributed by atoms with E-state index in [4.69, 9.17) is 5.73 Å². The Hall–Kier alpha value is -1.55. The Morgan fingerprint density at radius 3 is 2.75 bits per heavy atom. The van der Waals surface area contributed by atoms with Crippen LogP contribution < -0.4 is 11.1 Å². The molecule has 0 aliphatic rings. The van der Waals surface area contributed by atoms with Crippen molar-refractivity contribution in [3.63, 3.8) is 0 Å². The highest BCUT2D eigenvalue weighted by Crippen LogP contribution is 2.24. The monoisotopic (exact) mass is 222 g/mol. The maximum absolute atomic E-state index is 11.5. The zero-order chi connectivity index (χ0) is 12.1. The van der Waals surface area contributed by atoms with Gasteiger partial charge < -0.3 is 16.2 Å². The van der Waals surface area contributed by atoms with Crippen LogP contribution in [0.25, 0.3) is 0 Å². The van der Waals surface area contributed by atoms with E-state index in [1.54, 1.807) is 12.1 Å². The number of hydrogen-bond acceptors (Lipinski definition) is 3. The van der Waals surface area contributed by atoms with Gasteiger partial charge in [-0.05, 0) is 30.5 Å². The van der Waals surface area contributed by atoms with Gasteiger partial charge in [0, 0.05) is 0 Å². The number of carbonyl (C=O) groups is 1. The lowest BCUT2D eigenvalue weighted by Gasteiger charge is -2.12. The van der Waals surface area contributed by atoms with E-state index in [1.807, 2.05) is 19.9 Å². The maximum atomic E-state index is 11.5. The molecule has 16 heavy (non-hydrogen) atoms. The van der Waals surface area contributed by atoms with Crippen LogP contribution in [0.15, 0.2) is 18.2 Å². The number of anilines is 1. The lowest BCUT2D eigenvalue weighted by atomic mass is 10.1.